The van der Waals surface area contributed by atoms with Crippen molar-refractivity contribution < 1.29 is 9.53 Å². The first-order valence-electron chi connectivity index (χ1n) is 9.74. The Labute approximate surface area is 178 Å². The number of morpholine rings is 1. The number of hydrogen-bond acceptors (Lipinski definition) is 8. The van der Waals surface area contributed by atoms with Crippen molar-refractivity contribution >= 4 is 22.3 Å². The molecule has 152 valence electrons. The number of carbonyl (C=O) groups excluding carboxylic acids is 1. The Morgan fingerprint density at radius 1 is 1.17 bits per heavy atom. The van der Waals surface area contributed by atoms with E-state index in [1.807, 2.05) is 30.3 Å². The summed E-state index contributed by atoms with van der Waals surface area (Å²) in [7, 11) is 0. The molecule has 0 radical (unpaired) electrons. The van der Waals surface area contributed by atoms with Crippen LogP contribution in [-0.4, -0.2) is 48.8 Å². The number of nitriles is 1. The van der Waals surface area contributed by atoms with Gasteiger partial charge in [-0.05, 0) is 41.8 Å². The zero-order chi connectivity index (χ0) is 20.9. The molecule has 0 bridgehead atoms. The van der Waals surface area contributed by atoms with E-state index < -0.39 is 0 Å². The molecule has 0 amide bonds. The topological polar surface area (TPSA) is 105 Å². The number of aromatic nitrogens is 2. The molecule has 1 fully saturated rings. The average Bonchev–Trinajstić information content (AvgIpc) is 3.30. The first-order chi connectivity index (χ1) is 14.7. The molecule has 2 aromatic carbocycles. The van der Waals surface area contributed by atoms with Crippen molar-refractivity contribution in [3.63, 3.8) is 0 Å². The summed E-state index contributed by atoms with van der Waals surface area (Å²) in [6.45, 7) is 3.32. The van der Waals surface area contributed by atoms with E-state index in [0.717, 1.165) is 36.2 Å². The third-order valence-electron chi connectivity index (χ3n) is 4.98. The van der Waals surface area contributed by atoms with Gasteiger partial charge in [0.2, 0.25) is 10.9 Å². The van der Waals surface area contributed by atoms with E-state index in [0.29, 0.717) is 41.0 Å². The summed E-state index contributed by atoms with van der Waals surface area (Å²) in [6.07, 6.45) is 0.800. The highest BCUT2D eigenvalue weighted by Gasteiger charge is 2.22. The van der Waals surface area contributed by atoms with Gasteiger partial charge in [0.15, 0.2) is 5.01 Å². The van der Waals surface area contributed by atoms with Crippen molar-refractivity contribution in [1.29, 1.82) is 5.26 Å². The molecule has 0 atom stereocenters. The van der Waals surface area contributed by atoms with Gasteiger partial charge in [-0.2, -0.15) is 5.26 Å². The smallest absolute Gasteiger partial charge is 0.224 e. The molecular weight excluding hydrogens is 398 g/mol. The van der Waals surface area contributed by atoms with Crippen LogP contribution in [0.2, 0.25) is 0 Å². The number of nitrogens with zero attached hydrogens (tertiary/aromatic N) is 4. The minimum Gasteiger partial charge on any atom is -0.378 e. The monoisotopic (exact) mass is 419 g/mol. The third kappa shape index (κ3) is 4.24. The second-order valence-corrected chi connectivity index (χ2v) is 7.88. The number of ether oxygens (including phenoxy) is 1. The van der Waals surface area contributed by atoms with E-state index in [4.69, 9.17) is 10.5 Å². The molecule has 0 spiro atoms. The maximum absolute atomic E-state index is 13.3. The van der Waals surface area contributed by atoms with E-state index in [2.05, 4.69) is 21.2 Å². The fourth-order valence-electron chi connectivity index (χ4n) is 3.38. The summed E-state index contributed by atoms with van der Waals surface area (Å²) >= 11 is 1.27. The molecule has 0 aliphatic carbocycles. The first-order valence-corrected chi connectivity index (χ1v) is 10.6. The molecule has 1 aliphatic rings. The molecule has 1 saturated heterocycles. The van der Waals surface area contributed by atoms with E-state index in [1.165, 1.54) is 11.3 Å². The zero-order valence-electron chi connectivity index (χ0n) is 16.4. The first kappa shape index (κ1) is 20.2. The van der Waals surface area contributed by atoms with Gasteiger partial charge in [0.1, 0.15) is 0 Å². The molecular formula is C22H21N5O2S. The van der Waals surface area contributed by atoms with E-state index in [9.17, 15) is 10.1 Å². The normalized spacial score (nSPS) is 13.8. The van der Waals surface area contributed by atoms with Crippen LogP contribution in [-0.2, 0) is 11.2 Å². The third-order valence-corrected chi connectivity index (χ3v) is 5.96. The van der Waals surface area contributed by atoms with Gasteiger partial charge in [-0.15, -0.1) is 10.2 Å². The Morgan fingerprint density at radius 2 is 1.93 bits per heavy atom. The predicted octanol–water partition coefficient (Wildman–Crippen LogP) is 2.65. The predicted molar refractivity (Wildman–Crippen MR) is 116 cm³/mol. The van der Waals surface area contributed by atoms with Crippen molar-refractivity contribution in [2.45, 2.75) is 6.42 Å². The molecule has 4 rings (SSSR count). The molecule has 1 aromatic heterocycles. The van der Waals surface area contributed by atoms with Crippen LogP contribution < -0.4 is 10.6 Å². The standard InChI is InChI=1S/C22H21N5O2S/c23-8-7-15-1-4-17(5-2-15)18-6-3-16(14-24)13-19(18)20(28)21-25-26-22(30-21)27-9-11-29-12-10-27/h1-6,13H,7-12,23H2. The Bertz CT molecular complexity index is 1080. The number of nitrogens with two attached hydrogens (primary N) is 1. The number of ketones is 1. The number of rotatable bonds is 6. The second-order valence-electron chi connectivity index (χ2n) is 6.93. The molecule has 1 aliphatic heterocycles. The fraction of sp³-hybridized carbons (Fsp3) is 0.273. The molecule has 0 unspecified atom stereocenters. The summed E-state index contributed by atoms with van der Waals surface area (Å²) in [5.41, 5.74) is 9.32. The van der Waals surface area contributed by atoms with Crippen LogP contribution in [0, 0.1) is 11.3 Å². The van der Waals surface area contributed by atoms with Crippen LogP contribution in [0.4, 0.5) is 5.13 Å². The number of carbonyl (C=O) groups is 1. The molecule has 2 N–H and O–H groups in total. The summed E-state index contributed by atoms with van der Waals surface area (Å²) in [6, 6.07) is 15.2. The van der Waals surface area contributed by atoms with Gasteiger partial charge < -0.3 is 15.4 Å². The highest BCUT2D eigenvalue weighted by Crippen LogP contribution is 2.30. The number of anilines is 1. The van der Waals surface area contributed by atoms with Gasteiger partial charge in [-0.25, -0.2) is 0 Å². The summed E-state index contributed by atoms with van der Waals surface area (Å²) in [5.74, 6) is -0.231. The zero-order valence-corrected chi connectivity index (χ0v) is 17.2. The van der Waals surface area contributed by atoms with E-state index in [1.54, 1.807) is 12.1 Å². The fourth-order valence-corrected chi connectivity index (χ4v) is 4.23. The molecule has 0 saturated carbocycles. The van der Waals surface area contributed by atoms with Crippen LogP contribution in [0.1, 0.15) is 26.5 Å². The van der Waals surface area contributed by atoms with E-state index >= 15 is 0 Å². The largest absolute Gasteiger partial charge is 0.378 e. The molecule has 3 aromatic rings. The van der Waals surface area contributed by atoms with Gasteiger partial charge in [0, 0.05) is 18.7 Å². The second kappa shape index (κ2) is 9.13. The lowest BCUT2D eigenvalue weighted by molar-refractivity contribution is 0.103. The van der Waals surface area contributed by atoms with Gasteiger partial charge in [-0.1, -0.05) is 41.7 Å². The number of hydrogen-bond donors (Lipinski definition) is 1. The Morgan fingerprint density at radius 3 is 2.63 bits per heavy atom. The number of benzene rings is 2. The van der Waals surface area contributed by atoms with Crippen molar-refractivity contribution in [1.82, 2.24) is 10.2 Å². The molecule has 30 heavy (non-hydrogen) atoms. The van der Waals surface area contributed by atoms with Gasteiger partial charge >= 0.3 is 0 Å². The Balaban J connectivity index is 1.68. The quantitative estimate of drug-likeness (QED) is 0.612. The maximum atomic E-state index is 13.3. The minimum absolute atomic E-state index is 0.231. The van der Waals surface area contributed by atoms with Gasteiger partial charge in [0.05, 0.1) is 24.8 Å². The Kier molecular flexibility index (Phi) is 6.14. The lowest BCUT2D eigenvalue weighted by atomic mass is 9.94. The van der Waals surface area contributed by atoms with Crippen molar-refractivity contribution in [3.05, 3.63) is 64.2 Å². The van der Waals surface area contributed by atoms with Crippen molar-refractivity contribution in [2.24, 2.45) is 5.73 Å². The molecule has 2 heterocycles. The molecule has 7 nitrogen and oxygen atoms in total. The highest BCUT2D eigenvalue weighted by atomic mass is 32.1. The molecule has 8 heteroatoms. The average molecular weight is 420 g/mol. The van der Waals surface area contributed by atoms with Gasteiger partial charge in [-0.3, -0.25) is 4.79 Å². The van der Waals surface area contributed by atoms with Crippen molar-refractivity contribution in [3.8, 4) is 17.2 Å². The summed E-state index contributed by atoms with van der Waals surface area (Å²) < 4.78 is 5.37. The summed E-state index contributed by atoms with van der Waals surface area (Å²) in [5, 5.41) is 18.7. The Hall–Kier alpha value is -3.12. The van der Waals surface area contributed by atoms with Crippen molar-refractivity contribution in [2.75, 3.05) is 37.7 Å². The van der Waals surface area contributed by atoms with Crippen LogP contribution in [0.15, 0.2) is 42.5 Å². The maximum Gasteiger partial charge on any atom is 0.224 e. The van der Waals surface area contributed by atoms with E-state index in [-0.39, 0.29) is 5.78 Å². The highest BCUT2D eigenvalue weighted by molar-refractivity contribution is 7.17. The lowest BCUT2D eigenvalue weighted by Crippen LogP contribution is -2.36. The van der Waals surface area contributed by atoms with Crippen LogP contribution in [0.3, 0.4) is 0 Å². The van der Waals surface area contributed by atoms with Crippen LogP contribution >= 0.6 is 11.3 Å². The SMILES string of the molecule is N#Cc1ccc(-c2ccc(CCN)cc2)c(C(=O)c2nnc(N3CCOCC3)s2)c1. The van der Waals surface area contributed by atoms with Crippen LogP contribution in [0.25, 0.3) is 11.1 Å². The summed E-state index contributed by atoms with van der Waals surface area (Å²) in [4.78, 5) is 15.4. The lowest BCUT2D eigenvalue weighted by Gasteiger charge is -2.25. The minimum atomic E-state index is -0.231. The van der Waals surface area contributed by atoms with Gasteiger partial charge in [0.25, 0.3) is 0 Å². The van der Waals surface area contributed by atoms with Crippen LogP contribution in [0.5, 0.6) is 0 Å².